The monoisotopic (exact) mass is 359 g/mol. The van der Waals surface area contributed by atoms with Gasteiger partial charge < -0.3 is 9.47 Å². The molecule has 9 nitrogen and oxygen atoms in total. The predicted molar refractivity (Wildman–Crippen MR) is 91.4 cm³/mol. The van der Waals surface area contributed by atoms with E-state index in [1.165, 1.54) is 25.1 Å². The number of nitrogens with one attached hydrogen (secondary N) is 2. The highest BCUT2D eigenvalue weighted by Crippen LogP contribution is 2.26. The van der Waals surface area contributed by atoms with Crippen molar-refractivity contribution in [3.05, 3.63) is 64.7 Å². The maximum atomic E-state index is 11.9. The molecule has 2 aromatic rings. The van der Waals surface area contributed by atoms with E-state index >= 15 is 0 Å². The van der Waals surface area contributed by atoms with Gasteiger partial charge in [-0.25, -0.2) is 0 Å². The number of hydrazine groups is 1. The van der Waals surface area contributed by atoms with Gasteiger partial charge in [-0.3, -0.25) is 30.6 Å². The van der Waals surface area contributed by atoms with Crippen molar-refractivity contribution in [1.29, 1.82) is 0 Å². The molecule has 2 amide bonds. The van der Waals surface area contributed by atoms with Crippen LogP contribution in [0.15, 0.2) is 54.6 Å². The van der Waals surface area contributed by atoms with Gasteiger partial charge in [-0.15, -0.1) is 0 Å². The van der Waals surface area contributed by atoms with Crippen LogP contribution in [0.25, 0.3) is 0 Å². The van der Waals surface area contributed by atoms with E-state index < -0.39 is 22.8 Å². The van der Waals surface area contributed by atoms with Crippen LogP contribution in [0, 0.1) is 10.1 Å². The van der Waals surface area contributed by atoms with Crippen LogP contribution < -0.4 is 20.3 Å². The molecule has 136 valence electrons. The molecule has 0 heterocycles. The van der Waals surface area contributed by atoms with E-state index in [0.29, 0.717) is 5.75 Å². The molecule has 2 rings (SSSR count). The number of benzene rings is 2. The first-order valence-corrected chi connectivity index (χ1v) is 7.64. The number of hydrogen-bond donors (Lipinski definition) is 2. The lowest BCUT2D eigenvalue weighted by atomic mass is 10.3. The van der Waals surface area contributed by atoms with Crippen molar-refractivity contribution in [2.75, 3.05) is 6.61 Å². The number of para-hydroxylation sites is 3. The molecule has 0 saturated carbocycles. The fourth-order valence-electron chi connectivity index (χ4n) is 1.89. The van der Waals surface area contributed by atoms with Crippen LogP contribution in [0.3, 0.4) is 0 Å². The zero-order valence-corrected chi connectivity index (χ0v) is 13.9. The summed E-state index contributed by atoms with van der Waals surface area (Å²) in [6, 6.07) is 14.4. The summed E-state index contributed by atoms with van der Waals surface area (Å²) in [7, 11) is 0. The highest BCUT2D eigenvalue weighted by atomic mass is 16.6. The minimum absolute atomic E-state index is 0.0427. The second-order valence-corrected chi connectivity index (χ2v) is 5.12. The number of nitrogens with zero attached hydrogens (tertiary/aromatic N) is 1. The van der Waals surface area contributed by atoms with Gasteiger partial charge in [0.2, 0.25) is 0 Å². The molecule has 0 aliphatic rings. The van der Waals surface area contributed by atoms with Crippen LogP contribution in [0.5, 0.6) is 11.5 Å². The van der Waals surface area contributed by atoms with Crippen molar-refractivity contribution >= 4 is 17.5 Å². The molecule has 1 atom stereocenters. The van der Waals surface area contributed by atoms with E-state index in [1.54, 1.807) is 30.3 Å². The Bertz CT molecular complexity index is 781. The molecule has 26 heavy (non-hydrogen) atoms. The van der Waals surface area contributed by atoms with Crippen LogP contribution in [-0.2, 0) is 9.59 Å². The Balaban J connectivity index is 1.80. The molecule has 0 radical (unpaired) electrons. The number of hydrogen-bond acceptors (Lipinski definition) is 6. The molecule has 0 aromatic heterocycles. The van der Waals surface area contributed by atoms with Gasteiger partial charge in [0.1, 0.15) is 5.75 Å². The lowest BCUT2D eigenvalue weighted by Crippen LogP contribution is -2.48. The number of carbonyl (C=O) groups is 2. The van der Waals surface area contributed by atoms with Crippen molar-refractivity contribution < 1.29 is 24.0 Å². The molecule has 0 fully saturated rings. The molecular formula is C17H17N3O6. The van der Waals surface area contributed by atoms with E-state index in [9.17, 15) is 19.7 Å². The first-order valence-electron chi connectivity index (χ1n) is 7.64. The fourth-order valence-corrected chi connectivity index (χ4v) is 1.89. The molecule has 1 unspecified atom stereocenters. The Morgan fingerprint density at radius 1 is 1.08 bits per heavy atom. The third kappa shape index (κ3) is 5.48. The molecule has 0 aliphatic heterocycles. The van der Waals surface area contributed by atoms with E-state index in [1.807, 2.05) is 6.07 Å². The molecule has 9 heteroatoms. The van der Waals surface area contributed by atoms with Gasteiger partial charge >= 0.3 is 5.69 Å². The van der Waals surface area contributed by atoms with Gasteiger partial charge in [0.05, 0.1) is 4.92 Å². The number of amides is 2. The van der Waals surface area contributed by atoms with Gasteiger partial charge in [-0.2, -0.15) is 0 Å². The van der Waals surface area contributed by atoms with Crippen molar-refractivity contribution in [1.82, 2.24) is 10.9 Å². The summed E-state index contributed by atoms with van der Waals surface area (Å²) >= 11 is 0. The Hall–Kier alpha value is -3.62. The van der Waals surface area contributed by atoms with Crippen molar-refractivity contribution in [2.45, 2.75) is 13.0 Å². The third-order valence-electron chi connectivity index (χ3n) is 3.17. The second-order valence-electron chi connectivity index (χ2n) is 5.12. The van der Waals surface area contributed by atoms with E-state index in [2.05, 4.69) is 10.9 Å². The lowest BCUT2D eigenvalue weighted by Gasteiger charge is -2.15. The van der Waals surface area contributed by atoms with Crippen molar-refractivity contribution in [3.8, 4) is 11.5 Å². The number of nitro benzene ring substituents is 1. The molecule has 0 saturated heterocycles. The first-order chi connectivity index (χ1) is 12.5. The Labute approximate surface area is 149 Å². The zero-order valence-electron chi connectivity index (χ0n) is 13.9. The summed E-state index contributed by atoms with van der Waals surface area (Å²) in [4.78, 5) is 33.9. The van der Waals surface area contributed by atoms with Crippen molar-refractivity contribution in [2.24, 2.45) is 0 Å². The average molecular weight is 359 g/mol. The topological polar surface area (TPSA) is 120 Å². The van der Waals surface area contributed by atoms with Crippen LogP contribution in [0.1, 0.15) is 6.92 Å². The number of nitro groups is 1. The largest absolute Gasteiger partial charge is 0.484 e. The minimum atomic E-state index is -1.06. The molecular weight excluding hydrogens is 342 g/mol. The lowest BCUT2D eigenvalue weighted by molar-refractivity contribution is -0.386. The maximum Gasteiger partial charge on any atom is 0.310 e. The predicted octanol–water partition coefficient (Wildman–Crippen LogP) is 1.59. The summed E-state index contributed by atoms with van der Waals surface area (Å²) in [5.74, 6) is -0.766. The van der Waals surface area contributed by atoms with Crippen molar-refractivity contribution in [3.63, 3.8) is 0 Å². The first kappa shape index (κ1) is 18.7. The molecule has 0 aliphatic carbocycles. The summed E-state index contributed by atoms with van der Waals surface area (Å²) in [6.45, 7) is 1.11. The summed E-state index contributed by atoms with van der Waals surface area (Å²) in [6.07, 6.45) is -1.06. The highest BCUT2D eigenvalue weighted by molar-refractivity contribution is 5.85. The third-order valence-corrected chi connectivity index (χ3v) is 3.17. The van der Waals surface area contributed by atoms with Gasteiger partial charge in [-0.1, -0.05) is 30.3 Å². The van der Waals surface area contributed by atoms with Crippen LogP contribution in [0.2, 0.25) is 0 Å². The SMILES string of the molecule is CC(Oc1ccccc1[N+](=O)[O-])C(=O)NNC(=O)COc1ccccc1. The van der Waals surface area contributed by atoms with Crippen LogP contribution in [0.4, 0.5) is 5.69 Å². The summed E-state index contributed by atoms with van der Waals surface area (Å²) in [5.41, 5.74) is 4.10. The number of carbonyl (C=O) groups excluding carboxylic acids is 2. The molecule has 0 bridgehead atoms. The van der Waals surface area contributed by atoms with E-state index in [4.69, 9.17) is 9.47 Å². The number of rotatable bonds is 7. The van der Waals surface area contributed by atoms with E-state index in [0.717, 1.165) is 0 Å². The maximum absolute atomic E-state index is 11.9. The zero-order chi connectivity index (χ0) is 18.9. The van der Waals surface area contributed by atoms with Gasteiger partial charge in [0.15, 0.2) is 18.5 Å². The van der Waals surface area contributed by atoms with Crippen LogP contribution in [-0.4, -0.2) is 29.4 Å². The minimum Gasteiger partial charge on any atom is -0.484 e. The quantitative estimate of drug-likeness (QED) is 0.572. The molecule has 2 aromatic carbocycles. The van der Waals surface area contributed by atoms with Gasteiger partial charge in [0.25, 0.3) is 11.8 Å². The standard InChI is InChI=1S/C17H17N3O6/c1-12(26-15-10-6-5-9-14(15)20(23)24)17(22)19-18-16(21)11-25-13-7-3-2-4-8-13/h2-10,12H,11H2,1H3,(H,18,21)(H,19,22). The Kier molecular flexibility index (Phi) is 6.49. The molecule has 0 spiro atoms. The van der Waals surface area contributed by atoms with E-state index in [-0.39, 0.29) is 18.0 Å². The number of ether oxygens (including phenoxy) is 2. The Morgan fingerprint density at radius 2 is 1.73 bits per heavy atom. The smallest absolute Gasteiger partial charge is 0.310 e. The Morgan fingerprint density at radius 3 is 2.42 bits per heavy atom. The van der Waals surface area contributed by atoms with Gasteiger partial charge in [0, 0.05) is 6.07 Å². The summed E-state index contributed by atoms with van der Waals surface area (Å²) in [5, 5.41) is 10.9. The van der Waals surface area contributed by atoms with Crippen LogP contribution >= 0.6 is 0 Å². The highest BCUT2D eigenvalue weighted by Gasteiger charge is 2.20. The van der Waals surface area contributed by atoms with Gasteiger partial charge in [-0.05, 0) is 25.1 Å². The normalized spacial score (nSPS) is 11.1. The summed E-state index contributed by atoms with van der Waals surface area (Å²) < 4.78 is 10.5. The fraction of sp³-hybridized carbons (Fsp3) is 0.176. The molecule has 2 N–H and O–H groups in total. The second kappa shape index (κ2) is 9.02. The average Bonchev–Trinajstić information content (AvgIpc) is 2.65.